The van der Waals surface area contributed by atoms with Crippen LogP contribution in [0, 0.1) is 0 Å². The zero-order chi connectivity index (χ0) is 20.7. The molecule has 6 heteroatoms. The zero-order valence-electron chi connectivity index (χ0n) is 17.1. The first-order valence-corrected chi connectivity index (χ1v) is 10.6. The molecule has 6 nitrogen and oxygen atoms in total. The highest BCUT2D eigenvalue weighted by Gasteiger charge is 2.36. The van der Waals surface area contributed by atoms with E-state index in [1.807, 2.05) is 23.2 Å². The van der Waals surface area contributed by atoms with Gasteiger partial charge >= 0.3 is 0 Å². The first kappa shape index (κ1) is 18.9. The van der Waals surface area contributed by atoms with Crippen molar-refractivity contribution in [2.24, 2.45) is 0 Å². The van der Waals surface area contributed by atoms with Gasteiger partial charge in [0.2, 0.25) is 0 Å². The minimum atomic E-state index is -0.198. The van der Waals surface area contributed by atoms with Crippen LogP contribution in [0.2, 0.25) is 0 Å². The number of rotatable bonds is 4. The largest absolute Gasteiger partial charge is 0.361 e. The van der Waals surface area contributed by atoms with E-state index in [2.05, 4.69) is 39.5 Å². The summed E-state index contributed by atoms with van der Waals surface area (Å²) in [5.41, 5.74) is 4.54. The van der Waals surface area contributed by atoms with Crippen molar-refractivity contribution in [3.8, 4) is 0 Å². The second-order valence-electron chi connectivity index (χ2n) is 8.22. The molecule has 0 spiro atoms. The summed E-state index contributed by atoms with van der Waals surface area (Å²) in [5.74, 6) is -0.199. The second kappa shape index (κ2) is 7.61. The lowest BCUT2D eigenvalue weighted by Crippen LogP contribution is -2.44. The van der Waals surface area contributed by atoms with Crippen molar-refractivity contribution >= 4 is 22.7 Å². The Balaban J connectivity index is 1.27. The number of aromatic nitrogens is 1. The van der Waals surface area contributed by atoms with Gasteiger partial charge in [0.25, 0.3) is 11.8 Å². The van der Waals surface area contributed by atoms with Crippen LogP contribution in [-0.2, 0) is 13.1 Å². The van der Waals surface area contributed by atoms with Crippen molar-refractivity contribution in [2.75, 3.05) is 20.1 Å². The van der Waals surface area contributed by atoms with Gasteiger partial charge in [-0.1, -0.05) is 24.3 Å². The molecule has 2 N–H and O–H groups in total. The Labute approximate surface area is 175 Å². The molecule has 1 aromatic heterocycles. The minimum Gasteiger partial charge on any atom is -0.361 e. The molecule has 5 rings (SSSR count). The molecule has 2 amide bonds. The predicted molar refractivity (Wildman–Crippen MR) is 116 cm³/mol. The van der Waals surface area contributed by atoms with Gasteiger partial charge in [0.1, 0.15) is 0 Å². The molecule has 1 saturated heterocycles. The predicted octanol–water partition coefficient (Wildman–Crippen LogP) is 3.15. The van der Waals surface area contributed by atoms with Gasteiger partial charge in [-0.25, -0.2) is 0 Å². The van der Waals surface area contributed by atoms with E-state index >= 15 is 0 Å². The third-order valence-electron chi connectivity index (χ3n) is 6.51. The topological polar surface area (TPSA) is 68.4 Å². The van der Waals surface area contributed by atoms with Crippen molar-refractivity contribution in [3.63, 3.8) is 0 Å². The van der Waals surface area contributed by atoms with Crippen LogP contribution in [0.3, 0.4) is 0 Å². The maximum atomic E-state index is 13.2. The lowest BCUT2D eigenvalue weighted by atomic mass is 10.0. The van der Waals surface area contributed by atoms with Gasteiger partial charge in [-0.3, -0.25) is 14.5 Å². The van der Waals surface area contributed by atoms with E-state index in [9.17, 15) is 9.59 Å². The number of nitrogens with zero attached hydrogens (tertiary/aromatic N) is 2. The molecule has 0 unspecified atom stereocenters. The molecule has 0 bridgehead atoms. The van der Waals surface area contributed by atoms with Gasteiger partial charge in [0.05, 0.1) is 11.1 Å². The van der Waals surface area contributed by atoms with Crippen molar-refractivity contribution in [3.05, 3.63) is 70.9 Å². The molecule has 154 valence electrons. The van der Waals surface area contributed by atoms with Gasteiger partial charge in [0.15, 0.2) is 0 Å². The summed E-state index contributed by atoms with van der Waals surface area (Å²) in [7, 11) is 1.60. The van der Waals surface area contributed by atoms with Crippen LogP contribution >= 0.6 is 0 Å². The summed E-state index contributed by atoms with van der Waals surface area (Å²) in [6.07, 6.45) is 3.90. The number of H-pyrrole nitrogens is 1. The number of benzene rings is 2. The number of nitrogens with one attached hydrogen (secondary N) is 2. The summed E-state index contributed by atoms with van der Waals surface area (Å²) in [5, 5.41) is 3.93. The van der Waals surface area contributed by atoms with Gasteiger partial charge in [-0.2, -0.15) is 0 Å². The molecule has 3 aromatic rings. The van der Waals surface area contributed by atoms with E-state index in [4.69, 9.17) is 0 Å². The average molecular weight is 402 g/mol. The Hall–Kier alpha value is -3.12. The number of aromatic amines is 1. The fraction of sp³-hybridized carbons (Fsp3) is 0.333. The highest BCUT2D eigenvalue weighted by Crippen LogP contribution is 2.31. The van der Waals surface area contributed by atoms with Crippen molar-refractivity contribution < 1.29 is 9.59 Å². The maximum Gasteiger partial charge on any atom is 0.255 e. The van der Waals surface area contributed by atoms with E-state index < -0.39 is 0 Å². The van der Waals surface area contributed by atoms with Crippen molar-refractivity contribution in [2.45, 2.75) is 32.0 Å². The molecule has 3 heterocycles. The van der Waals surface area contributed by atoms with E-state index in [1.54, 1.807) is 13.1 Å². The number of carbonyl (C=O) groups is 2. The minimum absolute atomic E-state index is 0.000240. The monoisotopic (exact) mass is 402 g/mol. The number of likely N-dealkylation sites (tertiary alicyclic amines) is 1. The Morgan fingerprint density at radius 1 is 1.13 bits per heavy atom. The second-order valence-corrected chi connectivity index (χ2v) is 8.22. The van der Waals surface area contributed by atoms with Crippen LogP contribution in [-0.4, -0.2) is 52.8 Å². The lowest BCUT2D eigenvalue weighted by Gasteiger charge is -2.36. The van der Waals surface area contributed by atoms with E-state index in [0.29, 0.717) is 17.7 Å². The molecule has 2 aliphatic rings. The smallest absolute Gasteiger partial charge is 0.255 e. The number of carbonyl (C=O) groups excluding carboxylic acids is 2. The number of piperidine rings is 1. The van der Waals surface area contributed by atoms with E-state index in [0.717, 1.165) is 38.0 Å². The molecule has 0 atom stereocenters. The zero-order valence-corrected chi connectivity index (χ0v) is 17.1. The molecule has 2 aliphatic heterocycles. The first-order chi connectivity index (χ1) is 14.7. The third-order valence-corrected chi connectivity index (χ3v) is 6.51. The highest BCUT2D eigenvalue weighted by atomic mass is 16.2. The first-order valence-electron chi connectivity index (χ1n) is 10.6. The normalized spacial score (nSPS) is 17.5. The van der Waals surface area contributed by atoms with Gasteiger partial charge < -0.3 is 15.2 Å². The molecule has 2 aromatic carbocycles. The van der Waals surface area contributed by atoms with Crippen LogP contribution < -0.4 is 5.32 Å². The highest BCUT2D eigenvalue weighted by molar-refractivity contribution is 6.09. The van der Waals surface area contributed by atoms with Crippen LogP contribution in [0.1, 0.15) is 44.7 Å². The summed E-state index contributed by atoms with van der Waals surface area (Å²) in [4.78, 5) is 33.1. The third kappa shape index (κ3) is 3.17. The number of hydrogen-bond donors (Lipinski definition) is 2. The van der Waals surface area contributed by atoms with E-state index in [-0.39, 0.29) is 17.9 Å². The van der Waals surface area contributed by atoms with E-state index in [1.165, 1.54) is 16.5 Å². The Morgan fingerprint density at radius 3 is 2.73 bits per heavy atom. The Bertz CT molecular complexity index is 1110. The van der Waals surface area contributed by atoms with Crippen molar-refractivity contribution in [1.29, 1.82) is 0 Å². The summed E-state index contributed by atoms with van der Waals surface area (Å²) in [6.45, 7) is 3.46. The van der Waals surface area contributed by atoms with Gasteiger partial charge in [0, 0.05) is 56.4 Å². The van der Waals surface area contributed by atoms with Crippen molar-refractivity contribution in [1.82, 2.24) is 20.1 Å². The lowest BCUT2D eigenvalue weighted by molar-refractivity contribution is 0.0588. The van der Waals surface area contributed by atoms with Crippen LogP contribution in [0.15, 0.2) is 48.7 Å². The molecular weight excluding hydrogens is 376 g/mol. The number of amides is 2. The standard InChI is InChI=1S/C24H26N4O2/c1-25-23(29)20-6-2-5-17-15-28(24(30)22(17)20)18-9-12-27(13-10-18)14-16-4-3-7-21-19(16)8-11-26-21/h2-8,11,18,26H,9-10,12-15H2,1H3,(H,25,29). The fourth-order valence-electron chi connectivity index (χ4n) is 4.92. The van der Waals surface area contributed by atoms with Crippen LogP contribution in [0.5, 0.6) is 0 Å². The van der Waals surface area contributed by atoms with Crippen LogP contribution in [0.4, 0.5) is 0 Å². The SMILES string of the molecule is CNC(=O)c1cccc2c1C(=O)N(C1CCN(Cc3cccc4[nH]ccc34)CC1)C2. The molecule has 0 radical (unpaired) electrons. The Morgan fingerprint density at radius 2 is 1.93 bits per heavy atom. The number of hydrogen-bond acceptors (Lipinski definition) is 3. The van der Waals surface area contributed by atoms with Gasteiger partial charge in [-0.05, 0) is 42.2 Å². The summed E-state index contributed by atoms with van der Waals surface area (Å²) >= 11 is 0. The maximum absolute atomic E-state index is 13.2. The Kier molecular flexibility index (Phi) is 4.79. The molecule has 0 saturated carbocycles. The van der Waals surface area contributed by atoms with Gasteiger partial charge in [-0.15, -0.1) is 0 Å². The number of fused-ring (bicyclic) bond motifs is 2. The summed E-state index contributed by atoms with van der Waals surface area (Å²) in [6, 6.07) is 14.3. The molecular formula is C24H26N4O2. The fourth-order valence-corrected chi connectivity index (χ4v) is 4.92. The average Bonchev–Trinajstić information content (AvgIpc) is 3.39. The van der Waals surface area contributed by atoms with Crippen LogP contribution in [0.25, 0.3) is 10.9 Å². The molecule has 0 aliphatic carbocycles. The molecule has 30 heavy (non-hydrogen) atoms. The summed E-state index contributed by atoms with van der Waals surface area (Å²) < 4.78 is 0. The quantitative estimate of drug-likeness (QED) is 0.704. The molecule has 1 fully saturated rings.